The normalized spacial score (nSPS) is 18.1. The summed E-state index contributed by atoms with van der Waals surface area (Å²) in [4.78, 5) is 59.3. The summed E-state index contributed by atoms with van der Waals surface area (Å²) >= 11 is 2.34. The van der Waals surface area contributed by atoms with Crippen molar-refractivity contribution >= 4 is 85.2 Å². The van der Waals surface area contributed by atoms with E-state index >= 15 is 0 Å². The average molecular weight is 846 g/mol. The molecule has 4 rings (SSSR count). The van der Waals surface area contributed by atoms with E-state index in [9.17, 15) is 18.8 Å². The summed E-state index contributed by atoms with van der Waals surface area (Å²) < 4.78 is 24.2. The second kappa shape index (κ2) is 18.9. The lowest BCUT2D eigenvalue weighted by Crippen LogP contribution is -3.00. The van der Waals surface area contributed by atoms with Crippen LogP contribution in [0.5, 0.6) is 0 Å². The number of anilines is 2. The summed E-state index contributed by atoms with van der Waals surface area (Å²) in [5, 5.41) is 8.71. The van der Waals surface area contributed by atoms with Gasteiger partial charge >= 0.3 is 11.8 Å². The van der Waals surface area contributed by atoms with Crippen LogP contribution in [0.15, 0.2) is 39.7 Å². The molecule has 1 fully saturated rings. The number of amides is 2. The number of aromatic nitrogens is 3. The number of nitrogens with zero attached hydrogens (tertiary/aromatic N) is 8. The summed E-state index contributed by atoms with van der Waals surface area (Å²) in [5.41, 5.74) is 1.21. The van der Waals surface area contributed by atoms with E-state index in [1.54, 1.807) is 19.9 Å². The topological polar surface area (TPSA) is 158 Å². The first-order valence-corrected chi connectivity index (χ1v) is 18.4. The highest BCUT2D eigenvalue weighted by Crippen LogP contribution is 2.42. The van der Waals surface area contributed by atoms with Crippen molar-refractivity contribution < 1.29 is 56.7 Å². The van der Waals surface area contributed by atoms with Crippen LogP contribution in [0.3, 0.4) is 0 Å². The molecule has 2 aliphatic heterocycles. The predicted molar refractivity (Wildman–Crippen MR) is 187 cm³/mol. The molecule has 3 atom stereocenters. The molecule has 0 aliphatic carbocycles. The maximum atomic E-state index is 13.6. The highest BCUT2D eigenvalue weighted by Gasteiger charge is 2.55. The number of pyridine rings is 1. The molecular weight excluding hydrogens is 808 g/mol. The Morgan fingerprint density at radius 2 is 2.08 bits per heavy atom. The molecule has 0 saturated carbocycles. The lowest BCUT2D eigenvalue weighted by atomic mass is 10.0. The zero-order valence-corrected chi connectivity index (χ0v) is 32.6. The third kappa shape index (κ3) is 9.86. The summed E-state index contributed by atoms with van der Waals surface area (Å²) in [6.07, 6.45) is 4.53. The Morgan fingerprint density at radius 3 is 2.71 bits per heavy atom. The minimum Gasteiger partial charge on any atom is -1.00 e. The molecule has 49 heavy (non-hydrogen) atoms. The molecule has 2 aliphatic rings. The van der Waals surface area contributed by atoms with E-state index < -0.39 is 49.8 Å². The monoisotopic (exact) mass is 846 g/mol. The molecule has 2 aromatic heterocycles. The van der Waals surface area contributed by atoms with Crippen LogP contribution >= 0.6 is 31.3 Å². The highest BCUT2D eigenvalue weighted by atomic mass is 127. The van der Waals surface area contributed by atoms with Crippen LogP contribution in [-0.4, -0.2) is 128 Å². The molecule has 2 aromatic rings. The van der Waals surface area contributed by atoms with Gasteiger partial charge in [0.05, 0.1) is 6.20 Å². The molecule has 2 radical (unpaired) electrons. The number of halogens is 2. The van der Waals surface area contributed by atoms with E-state index in [1.165, 1.54) is 16.7 Å². The Hall–Kier alpha value is -2.94. The summed E-state index contributed by atoms with van der Waals surface area (Å²) in [5.74, 6) is -1.18. The van der Waals surface area contributed by atoms with Gasteiger partial charge in [0.1, 0.15) is 35.6 Å². The van der Waals surface area contributed by atoms with Gasteiger partial charge in [-0.1, -0.05) is 10.1 Å². The van der Waals surface area contributed by atoms with Gasteiger partial charge in [0.2, 0.25) is 16.7 Å². The van der Waals surface area contributed by atoms with Gasteiger partial charge < -0.3 is 53.8 Å². The number of carbonyl (C=O) groups is 3. The molecule has 21 heteroatoms. The van der Waals surface area contributed by atoms with Gasteiger partial charge in [0, 0.05) is 51.5 Å². The first-order chi connectivity index (χ1) is 23.0. The first kappa shape index (κ1) is 40.5. The Bertz CT molecular complexity index is 1600. The van der Waals surface area contributed by atoms with Crippen molar-refractivity contribution in [1.82, 2.24) is 24.5 Å². The molecule has 0 spiro atoms. The van der Waals surface area contributed by atoms with E-state index in [2.05, 4.69) is 44.8 Å². The molecule has 3 unspecified atom stereocenters. The summed E-state index contributed by atoms with van der Waals surface area (Å²) in [7, 11) is 12.0. The maximum Gasteiger partial charge on any atom is 0.357 e. The van der Waals surface area contributed by atoms with Crippen molar-refractivity contribution in [2.75, 3.05) is 70.8 Å². The van der Waals surface area contributed by atoms with Crippen molar-refractivity contribution in [2.45, 2.75) is 31.3 Å². The van der Waals surface area contributed by atoms with Crippen molar-refractivity contribution in [3.8, 4) is 0 Å². The van der Waals surface area contributed by atoms with Gasteiger partial charge in [0.25, 0.3) is 18.7 Å². The quantitative estimate of drug-likeness (QED) is 0.0392. The predicted octanol–water partition coefficient (Wildman–Crippen LogP) is -1.36. The summed E-state index contributed by atoms with van der Waals surface area (Å²) in [6, 6.07) is 2.88. The second-order valence-electron chi connectivity index (χ2n) is 10.9. The van der Waals surface area contributed by atoms with E-state index in [4.69, 9.17) is 12.1 Å². The Balaban J connectivity index is 0.00000650. The van der Waals surface area contributed by atoms with Crippen LogP contribution in [0.2, 0.25) is 0 Å². The van der Waals surface area contributed by atoms with E-state index in [0.29, 0.717) is 22.3 Å². The Kier molecular flexibility index (Phi) is 15.6. The number of rotatable bonds is 16. The smallest absolute Gasteiger partial charge is 0.357 e. The van der Waals surface area contributed by atoms with Crippen molar-refractivity contribution in [3.63, 3.8) is 0 Å². The molecule has 4 heterocycles. The van der Waals surface area contributed by atoms with Crippen LogP contribution in [0, 0.1) is 0 Å². The van der Waals surface area contributed by atoms with Gasteiger partial charge in [-0.3, -0.25) is 14.5 Å². The molecule has 264 valence electrons. The number of carbonyl (C=O) groups excluding carboxylic acids is 3. The van der Waals surface area contributed by atoms with Crippen LogP contribution in [-0.2, 0) is 30.3 Å². The SMILES string of the molecule is [B]P(C)OC(=O)C1=C(C[n+]2cccc(N(C)CCCN(C)C)c2N=CC)CSC2C(NC(=O)/C(=N\OCF)c3nsc(NC)n3)C(=O)N12.[I-]. The largest absolute Gasteiger partial charge is 1.00 e. The van der Waals surface area contributed by atoms with E-state index in [0.717, 1.165) is 36.7 Å². The third-order valence-corrected chi connectivity index (χ3v) is 9.70. The maximum absolute atomic E-state index is 13.6. The van der Waals surface area contributed by atoms with E-state index in [-0.39, 0.29) is 42.0 Å². The lowest BCUT2D eigenvalue weighted by Gasteiger charge is -2.49. The number of hydrogen-bond donors (Lipinski definition) is 2. The van der Waals surface area contributed by atoms with Gasteiger partial charge in [-0.05, 0) is 52.8 Å². The number of alkyl halides is 1. The van der Waals surface area contributed by atoms with Crippen LogP contribution in [0.25, 0.3) is 0 Å². The minimum atomic E-state index is -1.59. The lowest BCUT2D eigenvalue weighted by molar-refractivity contribution is -0.675. The fraction of sp³-hybridized carbons (Fsp3) is 0.500. The second-order valence-corrected chi connectivity index (χ2v) is 14.0. The van der Waals surface area contributed by atoms with Crippen LogP contribution in [0.1, 0.15) is 19.2 Å². The number of hydrogen-bond acceptors (Lipinski definition) is 14. The van der Waals surface area contributed by atoms with Crippen molar-refractivity contribution in [3.05, 3.63) is 35.4 Å². The molecule has 2 N–H and O–H groups in total. The van der Waals surface area contributed by atoms with Gasteiger partial charge in [0.15, 0.2) is 7.57 Å². The number of oxime groups is 1. The number of aliphatic imine (C=N–C) groups is 1. The minimum absolute atomic E-state index is 0. The highest BCUT2D eigenvalue weighted by molar-refractivity contribution is 8.00. The fourth-order valence-electron chi connectivity index (χ4n) is 5.04. The standard InChI is InChI=1S/C28H37BFN10O5PS2.HI/c1-7-32-23-18(38(5)12-9-11-37(3)4)10-8-13-39(23)14-17-15-47-26-20(25(42)40(26)21(17)27(43)45-46(6)29)33-24(41)19(35-44-16-30)22-34-28(31-2)48-36-22;/h7-8,10,13,20,26H,9,11-12,14-16H2,1-6H3,(H-,31,33,34,36,41);1H/b35-19-;. The molecule has 1 saturated heterocycles. The van der Waals surface area contributed by atoms with E-state index in [1.807, 2.05) is 51.0 Å². The van der Waals surface area contributed by atoms with Crippen LogP contribution in [0.4, 0.5) is 21.0 Å². The number of nitrogens with one attached hydrogen (secondary N) is 2. The third-order valence-electron chi connectivity index (χ3n) is 7.17. The van der Waals surface area contributed by atoms with Crippen molar-refractivity contribution in [1.29, 1.82) is 0 Å². The molecule has 2 amide bonds. The fourth-order valence-corrected chi connectivity index (χ4v) is 7.24. The number of thioether (sulfide) groups is 1. The van der Waals surface area contributed by atoms with Crippen molar-refractivity contribution in [2.24, 2.45) is 10.1 Å². The zero-order chi connectivity index (χ0) is 35.0. The Labute approximate surface area is 312 Å². The van der Waals surface area contributed by atoms with Gasteiger partial charge in [-0.25, -0.2) is 13.8 Å². The molecule has 0 aromatic carbocycles. The van der Waals surface area contributed by atoms with Crippen LogP contribution < -0.4 is 44.1 Å². The molecular formula is C28H38BFIN10O5PS2. The van der Waals surface area contributed by atoms with Gasteiger partial charge in [-0.15, -0.1) is 11.8 Å². The average Bonchev–Trinajstić information content (AvgIpc) is 3.52. The molecule has 15 nitrogen and oxygen atoms in total. The number of fused-ring (bicyclic) bond motifs is 1. The summed E-state index contributed by atoms with van der Waals surface area (Å²) in [6.45, 7) is 4.11. The Morgan fingerprint density at radius 1 is 1.33 bits per heavy atom. The first-order valence-electron chi connectivity index (χ1n) is 14.8. The molecule has 0 bridgehead atoms. The zero-order valence-electron chi connectivity index (χ0n) is 27.9. The number of β-lactam (4-membered cyclic amide) rings is 1. The van der Waals surface area contributed by atoms with Gasteiger partial charge in [-0.2, -0.15) is 9.36 Å².